The number of nitrogens with zero attached hydrogens (tertiary/aromatic N) is 1. The molecule has 1 aliphatic rings. The first-order chi connectivity index (χ1) is 16.4. The van der Waals surface area contributed by atoms with E-state index in [-0.39, 0.29) is 29.1 Å². The van der Waals surface area contributed by atoms with Gasteiger partial charge in [-0.1, -0.05) is 41.9 Å². The molecule has 1 aliphatic heterocycles. The van der Waals surface area contributed by atoms with Gasteiger partial charge in [0.05, 0.1) is 23.0 Å². The number of hydrogen-bond acceptors (Lipinski definition) is 5. The molecule has 5 nitrogen and oxygen atoms in total. The molecule has 1 saturated heterocycles. The van der Waals surface area contributed by atoms with Gasteiger partial charge in [0.2, 0.25) is 0 Å². The maximum Gasteiger partial charge on any atom is 0.293 e. The molecule has 4 rings (SSSR count). The molecule has 1 heterocycles. The van der Waals surface area contributed by atoms with Crippen molar-refractivity contribution in [3.63, 3.8) is 0 Å². The topological polar surface area (TPSA) is 55.8 Å². The Morgan fingerprint density at radius 2 is 1.85 bits per heavy atom. The van der Waals surface area contributed by atoms with Crippen LogP contribution in [0, 0.1) is 5.82 Å². The van der Waals surface area contributed by atoms with Crippen molar-refractivity contribution in [2.75, 3.05) is 7.11 Å². The van der Waals surface area contributed by atoms with Crippen molar-refractivity contribution < 1.29 is 23.5 Å². The first-order valence-corrected chi connectivity index (χ1v) is 12.1. The van der Waals surface area contributed by atoms with Crippen LogP contribution < -0.4 is 9.47 Å². The largest absolute Gasteiger partial charge is 0.493 e. The minimum Gasteiger partial charge on any atom is -0.493 e. The van der Waals surface area contributed by atoms with Crippen molar-refractivity contribution in [3.05, 3.63) is 97.6 Å². The molecule has 3 aromatic rings. The molecule has 3 aromatic carbocycles. The molecule has 1 fully saturated rings. The van der Waals surface area contributed by atoms with Gasteiger partial charge in [0.1, 0.15) is 12.4 Å². The maximum atomic E-state index is 13.1. The van der Waals surface area contributed by atoms with E-state index in [9.17, 15) is 14.0 Å². The van der Waals surface area contributed by atoms with Gasteiger partial charge >= 0.3 is 0 Å². The van der Waals surface area contributed by atoms with Gasteiger partial charge < -0.3 is 9.47 Å². The van der Waals surface area contributed by atoms with E-state index >= 15 is 0 Å². The number of ether oxygens (including phenoxy) is 2. The summed E-state index contributed by atoms with van der Waals surface area (Å²) in [7, 11) is 1.52. The van der Waals surface area contributed by atoms with Gasteiger partial charge in [-0.05, 0) is 75.2 Å². The van der Waals surface area contributed by atoms with Crippen LogP contribution in [0.5, 0.6) is 11.5 Å². The lowest BCUT2D eigenvalue weighted by atomic mass is 10.1. The zero-order valence-electron chi connectivity index (χ0n) is 17.9. The fourth-order valence-electron chi connectivity index (χ4n) is 3.29. The van der Waals surface area contributed by atoms with E-state index in [1.54, 1.807) is 36.4 Å². The third-order valence-corrected chi connectivity index (χ3v) is 6.87. The summed E-state index contributed by atoms with van der Waals surface area (Å²) in [5, 5.41) is 0.219. The van der Waals surface area contributed by atoms with Gasteiger partial charge in [0.15, 0.2) is 11.5 Å². The van der Waals surface area contributed by atoms with E-state index < -0.39 is 5.91 Å². The van der Waals surface area contributed by atoms with E-state index in [2.05, 4.69) is 15.9 Å². The second-order valence-corrected chi connectivity index (χ2v) is 9.56. The number of rotatable bonds is 7. The normalized spacial score (nSPS) is 14.7. The minimum absolute atomic E-state index is 0.0735. The number of hydrogen-bond donors (Lipinski definition) is 0. The highest BCUT2D eigenvalue weighted by molar-refractivity contribution is 9.10. The Labute approximate surface area is 213 Å². The summed E-state index contributed by atoms with van der Waals surface area (Å²) in [5.74, 6) is 0.160. The summed E-state index contributed by atoms with van der Waals surface area (Å²) in [4.78, 5) is 26.7. The van der Waals surface area contributed by atoms with Crippen molar-refractivity contribution in [3.8, 4) is 11.5 Å². The van der Waals surface area contributed by atoms with Crippen LogP contribution >= 0.6 is 39.3 Å². The lowest BCUT2D eigenvalue weighted by Crippen LogP contribution is -2.27. The summed E-state index contributed by atoms with van der Waals surface area (Å²) in [6, 6.07) is 16.6. The molecule has 0 spiro atoms. The standard InChI is InChI=1S/C25H18BrClFNO4S/c1-32-21-11-16(10-19(26)23(21)33-14-17-4-2-3-5-20(17)27)12-22-24(30)29(25(31)34-22)13-15-6-8-18(28)9-7-15/h2-12H,13-14H2,1H3/b22-12+. The molecule has 0 aromatic heterocycles. The first-order valence-electron chi connectivity index (χ1n) is 10.1. The molecule has 2 amide bonds. The molecule has 0 bridgehead atoms. The lowest BCUT2D eigenvalue weighted by molar-refractivity contribution is -0.123. The molecule has 0 N–H and O–H groups in total. The van der Waals surface area contributed by atoms with Crippen LogP contribution in [-0.4, -0.2) is 23.2 Å². The Balaban J connectivity index is 1.53. The average Bonchev–Trinajstić information content (AvgIpc) is 3.07. The number of amides is 2. The highest BCUT2D eigenvalue weighted by atomic mass is 79.9. The molecule has 9 heteroatoms. The highest BCUT2D eigenvalue weighted by Crippen LogP contribution is 2.40. The number of thioether (sulfide) groups is 1. The third-order valence-electron chi connectivity index (χ3n) is 5.01. The quantitative estimate of drug-likeness (QED) is 0.288. The number of carbonyl (C=O) groups is 2. The van der Waals surface area contributed by atoms with E-state index in [4.69, 9.17) is 21.1 Å². The van der Waals surface area contributed by atoms with Gasteiger partial charge in [0.25, 0.3) is 11.1 Å². The van der Waals surface area contributed by atoms with Crippen LogP contribution in [0.15, 0.2) is 70.0 Å². The number of imide groups is 1. The summed E-state index contributed by atoms with van der Waals surface area (Å²) in [5.41, 5.74) is 2.15. The number of halogens is 3. The second kappa shape index (κ2) is 10.6. The van der Waals surface area contributed by atoms with E-state index in [0.29, 0.717) is 32.1 Å². The number of carbonyl (C=O) groups excluding carboxylic acids is 2. The van der Waals surface area contributed by atoms with Gasteiger partial charge in [-0.2, -0.15) is 0 Å². The molecule has 0 unspecified atom stereocenters. The fraction of sp³-hybridized carbons (Fsp3) is 0.120. The van der Waals surface area contributed by atoms with Crippen molar-refractivity contribution in [1.82, 2.24) is 4.90 Å². The zero-order valence-corrected chi connectivity index (χ0v) is 21.0. The SMILES string of the molecule is COc1cc(/C=C2/SC(=O)N(Cc3ccc(F)cc3)C2=O)cc(Br)c1OCc1ccccc1Cl. The third kappa shape index (κ3) is 5.46. The maximum absolute atomic E-state index is 13.1. The summed E-state index contributed by atoms with van der Waals surface area (Å²) < 4.78 is 25.2. The van der Waals surface area contributed by atoms with E-state index in [1.165, 1.54) is 19.2 Å². The monoisotopic (exact) mass is 561 g/mol. The smallest absolute Gasteiger partial charge is 0.293 e. The second-order valence-electron chi connectivity index (χ2n) is 7.31. The number of benzene rings is 3. The van der Waals surface area contributed by atoms with Crippen molar-refractivity contribution in [2.45, 2.75) is 13.2 Å². The molecular formula is C25H18BrClFNO4S. The Morgan fingerprint density at radius 1 is 1.12 bits per heavy atom. The van der Waals surface area contributed by atoms with Crippen LogP contribution in [0.25, 0.3) is 6.08 Å². The van der Waals surface area contributed by atoms with Gasteiger partial charge in [-0.15, -0.1) is 0 Å². The van der Waals surface area contributed by atoms with Crippen LogP contribution in [0.1, 0.15) is 16.7 Å². The first kappa shape index (κ1) is 24.3. The highest BCUT2D eigenvalue weighted by Gasteiger charge is 2.35. The molecule has 174 valence electrons. The molecule has 0 saturated carbocycles. The molecular weight excluding hydrogens is 545 g/mol. The lowest BCUT2D eigenvalue weighted by Gasteiger charge is -2.14. The molecule has 0 atom stereocenters. The van der Waals surface area contributed by atoms with Crippen LogP contribution in [0.2, 0.25) is 5.02 Å². The molecule has 0 aliphatic carbocycles. The number of methoxy groups -OCH3 is 1. The fourth-order valence-corrected chi connectivity index (χ4v) is 4.89. The van der Waals surface area contributed by atoms with Crippen LogP contribution in [0.4, 0.5) is 9.18 Å². The van der Waals surface area contributed by atoms with Gasteiger partial charge in [-0.3, -0.25) is 14.5 Å². The van der Waals surface area contributed by atoms with Crippen LogP contribution in [0.3, 0.4) is 0 Å². The summed E-state index contributed by atoms with van der Waals surface area (Å²) >= 11 is 10.6. The Hall–Kier alpha value is -2.81. The Bertz CT molecular complexity index is 1280. The minimum atomic E-state index is -0.409. The van der Waals surface area contributed by atoms with Crippen molar-refractivity contribution in [2.24, 2.45) is 0 Å². The van der Waals surface area contributed by atoms with E-state index in [0.717, 1.165) is 22.2 Å². The Morgan fingerprint density at radius 3 is 2.56 bits per heavy atom. The molecule has 0 radical (unpaired) electrons. The van der Waals surface area contributed by atoms with Crippen molar-refractivity contribution in [1.29, 1.82) is 0 Å². The Kier molecular flexibility index (Phi) is 7.60. The summed E-state index contributed by atoms with van der Waals surface area (Å²) in [6.07, 6.45) is 1.63. The van der Waals surface area contributed by atoms with Gasteiger partial charge in [0, 0.05) is 10.6 Å². The predicted octanol–water partition coefficient (Wildman–Crippen LogP) is 7.07. The average molecular weight is 563 g/mol. The summed E-state index contributed by atoms with van der Waals surface area (Å²) in [6.45, 7) is 0.320. The van der Waals surface area contributed by atoms with Gasteiger partial charge in [-0.25, -0.2) is 4.39 Å². The van der Waals surface area contributed by atoms with Crippen LogP contribution in [-0.2, 0) is 17.9 Å². The molecule has 34 heavy (non-hydrogen) atoms. The van der Waals surface area contributed by atoms with E-state index in [1.807, 2.05) is 18.2 Å². The van der Waals surface area contributed by atoms with Crippen molar-refractivity contribution >= 4 is 56.5 Å². The predicted molar refractivity (Wildman–Crippen MR) is 134 cm³/mol. The zero-order chi connectivity index (χ0) is 24.2.